The van der Waals surface area contributed by atoms with Gasteiger partial charge < -0.3 is 20.2 Å². The zero-order chi connectivity index (χ0) is 28.4. The lowest BCUT2D eigenvalue weighted by molar-refractivity contribution is -0.614. The molecule has 0 radical (unpaired) electrons. The molecule has 2 aromatic carbocycles. The Kier molecular flexibility index (Phi) is 7.45. The average Bonchev–Trinajstić information content (AvgIpc) is 3.29. The topological polar surface area (TPSA) is 123 Å². The number of aryl methyl sites for hydroxylation is 1. The van der Waals surface area contributed by atoms with E-state index in [1.807, 2.05) is 6.92 Å². The molecule has 0 saturated carbocycles. The standard InChI is InChI=1S/C29H27F2N5O4/c1-16-27-19-12-11-18(33-29(38)40-2)14-23(19)34-25(37)9-4-3-6-20(28(32-16)35-27)24-13-10-17(15-36(24)39)26-21(30)7-5-8-22(26)31/h5,7-8,10-15,20H,3-4,6,9H2,1-2H3,(H,32,35)(H,33,38)(H,34,37)/t20-/m1/s1. The summed E-state index contributed by atoms with van der Waals surface area (Å²) >= 11 is 0. The van der Waals surface area contributed by atoms with Crippen molar-refractivity contribution in [2.45, 2.75) is 38.5 Å². The van der Waals surface area contributed by atoms with Gasteiger partial charge in [-0.1, -0.05) is 12.5 Å². The van der Waals surface area contributed by atoms with Gasteiger partial charge in [0.15, 0.2) is 6.20 Å². The summed E-state index contributed by atoms with van der Waals surface area (Å²) in [4.78, 5) is 32.6. The Morgan fingerprint density at radius 3 is 2.65 bits per heavy atom. The first-order valence-electron chi connectivity index (χ1n) is 12.8. The number of ether oxygens (including phenoxy) is 1. The van der Waals surface area contributed by atoms with E-state index >= 15 is 0 Å². The van der Waals surface area contributed by atoms with Gasteiger partial charge in [-0.15, -0.1) is 0 Å². The number of nitrogens with one attached hydrogen (secondary N) is 3. The number of carbonyl (C=O) groups is 2. The average molecular weight is 548 g/mol. The Morgan fingerprint density at radius 1 is 1.15 bits per heavy atom. The van der Waals surface area contributed by atoms with Gasteiger partial charge in [-0.05, 0) is 56.2 Å². The number of pyridine rings is 1. The van der Waals surface area contributed by atoms with Gasteiger partial charge in [0.25, 0.3) is 0 Å². The molecular formula is C29H27F2N5O4. The van der Waals surface area contributed by atoms with E-state index in [0.717, 1.165) is 12.1 Å². The van der Waals surface area contributed by atoms with Crippen molar-refractivity contribution in [2.24, 2.45) is 0 Å². The van der Waals surface area contributed by atoms with Gasteiger partial charge in [0.2, 0.25) is 11.6 Å². The molecule has 2 amide bonds. The molecule has 0 saturated heterocycles. The first-order valence-corrected chi connectivity index (χ1v) is 12.8. The molecule has 5 rings (SSSR count). The number of benzene rings is 2. The SMILES string of the molecule is COC(=O)Nc1ccc2c(c1)NC(=O)CCCC[C@H](c1ccc(-c3c(F)cccc3F)c[n+]1[O-])c1nc-2c(C)[nH]1. The number of halogens is 2. The molecule has 4 aromatic rings. The maximum absolute atomic E-state index is 14.4. The van der Waals surface area contributed by atoms with Gasteiger partial charge in [0, 0.05) is 29.4 Å². The molecule has 1 aliphatic heterocycles. The van der Waals surface area contributed by atoms with Crippen LogP contribution in [-0.4, -0.2) is 29.1 Å². The second-order valence-corrected chi connectivity index (χ2v) is 9.58. The number of H-pyrrole nitrogens is 1. The smallest absolute Gasteiger partial charge is 0.411 e. The van der Waals surface area contributed by atoms with E-state index in [1.165, 1.54) is 25.4 Å². The first kappa shape index (κ1) is 26.8. The van der Waals surface area contributed by atoms with E-state index < -0.39 is 23.6 Å². The van der Waals surface area contributed by atoms with Gasteiger partial charge in [0.05, 0.1) is 29.6 Å². The zero-order valence-corrected chi connectivity index (χ0v) is 21.9. The van der Waals surface area contributed by atoms with E-state index in [-0.39, 0.29) is 23.5 Å². The predicted octanol–water partition coefficient (Wildman–Crippen LogP) is 5.79. The Hall–Kier alpha value is -4.80. The van der Waals surface area contributed by atoms with Crippen molar-refractivity contribution in [2.75, 3.05) is 17.7 Å². The molecule has 9 nitrogen and oxygen atoms in total. The van der Waals surface area contributed by atoms with Crippen molar-refractivity contribution in [3.63, 3.8) is 0 Å². The van der Waals surface area contributed by atoms with Crippen molar-refractivity contribution in [3.05, 3.63) is 88.8 Å². The fourth-order valence-corrected chi connectivity index (χ4v) is 4.97. The minimum Gasteiger partial charge on any atom is -0.618 e. The minimum atomic E-state index is -0.757. The van der Waals surface area contributed by atoms with E-state index in [9.17, 15) is 23.6 Å². The van der Waals surface area contributed by atoms with Crippen molar-refractivity contribution in [3.8, 4) is 22.4 Å². The highest BCUT2D eigenvalue weighted by atomic mass is 19.1. The molecule has 2 aromatic heterocycles. The van der Waals surface area contributed by atoms with Crippen molar-refractivity contribution in [1.82, 2.24) is 9.97 Å². The van der Waals surface area contributed by atoms with Crippen LogP contribution in [0.1, 0.15) is 48.8 Å². The molecule has 0 unspecified atom stereocenters. The predicted molar refractivity (Wildman–Crippen MR) is 144 cm³/mol. The fraction of sp³-hybridized carbons (Fsp3) is 0.241. The summed E-state index contributed by atoms with van der Waals surface area (Å²) in [5.41, 5.74) is 3.03. The number of anilines is 2. The highest BCUT2D eigenvalue weighted by molar-refractivity contribution is 5.97. The monoisotopic (exact) mass is 547 g/mol. The third-order valence-electron chi connectivity index (χ3n) is 6.91. The summed E-state index contributed by atoms with van der Waals surface area (Å²) < 4.78 is 34.0. The number of imidazole rings is 1. The normalized spacial score (nSPS) is 15.3. The summed E-state index contributed by atoms with van der Waals surface area (Å²) in [6.45, 7) is 1.84. The summed E-state index contributed by atoms with van der Waals surface area (Å²) in [6.07, 6.45) is 2.47. The Bertz CT molecular complexity index is 1580. The highest BCUT2D eigenvalue weighted by Gasteiger charge is 2.28. The molecule has 0 fully saturated rings. The molecular weight excluding hydrogens is 520 g/mol. The minimum absolute atomic E-state index is 0.126. The Labute approximate surface area is 228 Å². The Balaban J connectivity index is 1.57. The number of hydrogen-bond acceptors (Lipinski definition) is 5. The number of aromatic nitrogens is 3. The second kappa shape index (κ2) is 11.1. The molecule has 0 spiro atoms. The molecule has 2 bridgehead atoms. The van der Waals surface area contributed by atoms with Crippen LogP contribution in [0.3, 0.4) is 0 Å². The van der Waals surface area contributed by atoms with Crippen LogP contribution in [0.25, 0.3) is 22.4 Å². The molecule has 0 aliphatic carbocycles. The van der Waals surface area contributed by atoms with Gasteiger partial charge in [0.1, 0.15) is 23.4 Å². The fourth-order valence-electron chi connectivity index (χ4n) is 4.97. The lowest BCUT2D eigenvalue weighted by Gasteiger charge is -2.17. The molecule has 11 heteroatoms. The van der Waals surface area contributed by atoms with E-state index in [1.54, 1.807) is 24.3 Å². The third kappa shape index (κ3) is 5.35. The maximum Gasteiger partial charge on any atom is 0.411 e. The third-order valence-corrected chi connectivity index (χ3v) is 6.91. The number of aromatic amines is 1. The lowest BCUT2D eigenvalue weighted by atomic mass is 9.95. The number of fused-ring (bicyclic) bond motifs is 4. The first-order chi connectivity index (χ1) is 19.2. The maximum atomic E-state index is 14.4. The lowest BCUT2D eigenvalue weighted by Crippen LogP contribution is -2.34. The van der Waals surface area contributed by atoms with Crippen LogP contribution in [-0.2, 0) is 9.53 Å². The van der Waals surface area contributed by atoms with E-state index in [2.05, 4.69) is 20.4 Å². The molecule has 1 aliphatic rings. The van der Waals surface area contributed by atoms with Crippen molar-refractivity contribution < 1.29 is 27.8 Å². The van der Waals surface area contributed by atoms with Crippen LogP contribution < -0.4 is 15.4 Å². The number of hydrogen-bond donors (Lipinski definition) is 3. The molecule has 206 valence electrons. The van der Waals surface area contributed by atoms with Gasteiger partial charge in [-0.2, -0.15) is 4.73 Å². The van der Waals surface area contributed by atoms with Gasteiger partial charge in [-0.3, -0.25) is 10.1 Å². The number of carbonyl (C=O) groups excluding carboxylic acids is 2. The number of rotatable bonds is 3. The van der Waals surface area contributed by atoms with Gasteiger partial charge >= 0.3 is 6.09 Å². The largest absolute Gasteiger partial charge is 0.618 e. The van der Waals surface area contributed by atoms with Gasteiger partial charge in [-0.25, -0.2) is 18.6 Å². The van der Waals surface area contributed by atoms with E-state index in [0.29, 0.717) is 63.8 Å². The zero-order valence-electron chi connectivity index (χ0n) is 21.9. The molecule has 40 heavy (non-hydrogen) atoms. The van der Waals surface area contributed by atoms with Crippen LogP contribution in [0.15, 0.2) is 54.7 Å². The summed E-state index contributed by atoms with van der Waals surface area (Å²) in [5, 5.41) is 18.7. The second-order valence-electron chi connectivity index (χ2n) is 9.58. The van der Waals surface area contributed by atoms with Crippen molar-refractivity contribution in [1.29, 1.82) is 0 Å². The van der Waals surface area contributed by atoms with Crippen LogP contribution >= 0.6 is 0 Å². The summed E-state index contributed by atoms with van der Waals surface area (Å²) in [7, 11) is 1.26. The van der Waals surface area contributed by atoms with Crippen LogP contribution in [0.2, 0.25) is 0 Å². The number of amides is 2. The summed E-state index contributed by atoms with van der Waals surface area (Å²) in [6, 6.07) is 11.7. The summed E-state index contributed by atoms with van der Waals surface area (Å²) in [5.74, 6) is -1.62. The van der Waals surface area contributed by atoms with Crippen LogP contribution in [0.5, 0.6) is 0 Å². The van der Waals surface area contributed by atoms with E-state index in [4.69, 9.17) is 4.98 Å². The van der Waals surface area contributed by atoms with Crippen LogP contribution in [0.4, 0.5) is 25.0 Å². The highest BCUT2D eigenvalue weighted by Crippen LogP contribution is 2.36. The number of methoxy groups -OCH3 is 1. The van der Waals surface area contributed by atoms with Crippen molar-refractivity contribution >= 4 is 23.4 Å². The molecule has 3 N–H and O–H groups in total. The Morgan fingerprint density at radius 2 is 1.93 bits per heavy atom. The van der Waals surface area contributed by atoms with Crippen LogP contribution in [0, 0.1) is 23.8 Å². The quantitative estimate of drug-likeness (QED) is 0.221. The number of nitrogens with zero attached hydrogens (tertiary/aromatic N) is 2. The molecule has 1 atom stereocenters. The molecule has 3 heterocycles.